The summed E-state index contributed by atoms with van der Waals surface area (Å²) in [6, 6.07) is 8.88. The van der Waals surface area contributed by atoms with Gasteiger partial charge in [0.2, 0.25) is 5.76 Å². The van der Waals surface area contributed by atoms with E-state index in [9.17, 15) is 9.59 Å². The number of carbonyl (C=O) groups is 2. The Morgan fingerprint density at radius 2 is 1.88 bits per heavy atom. The fraction of sp³-hybridized carbons (Fsp3) is 0.389. The molecule has 0 saturated carbocycles. The Bertz CT molecular complexity index is 749. The first-order valence-corrected chi connectivity index (χ1v) is 7.84. The Kier molecular flexibility index (Phi) is 5.46. The molecule has 25 heavy (non-hydrogen) atoms. The van der Waals surface area contributed by atoms with E-state index in [2.05, 4.69) is 15.2 Å². The van der Waals surface area contributed by atoms with Crippen LogP contribution in [0.1, 0.15) is 42.6 Å². The summed E-state index contributed by atoms with van der Waals surface area (Å²) >= 11 is 0. The maximum atomic E-state index is 12.4. The zero-order chi connectivity index (χ0) is 18.6. The number of rotatable bonds is 6. The SMILES string of the molecule is COC(=O)c1cc(C(C)(C)NC(=O)C(C)Oc2ccc(C)cc2)no1. The first-order chi connectivity index (χ1) is 11.7. The molecule has 1 atom stereocenters. The number of hydrogen-bond donors (Lipinski definition) is 1. The molecule has 1 N–H and O–H groups in total. The maximum Gasteiger partial charge on any atom is 0.376 e. The molecule has 1 amide bonds. The Morgan fingerprint density at radius 1 is 1.24 bits per heavy atom. The molecule has 0 aliphatic carbocycles. The molecular weight excluding hydrogens is 324 g/mol. The molecule has 7 heteroatoms. The Balaban J connectivity index is 2.03. The van der Waals surface area contributed by atoms with Gasteiger partial charge in [-0.15, -0.1) is 0 Å². The van der Waals surface area contributed by atoms with Gasteiger partial charge in [-0.1, -0.05) is 22.9 Å². The van der Waals surface area contributed by atoms with Gasteiger partial charge < -0.3 is 19.3 Å². The number of nitrogens with zero attached hydrogens (tertiary/aromatic N) is 1. The van der Waals surface area contributed by atoms with Crippen molar-refractivity contribution in [1.82, 2.24) is 10.5 Å². The van der Waals surface area contributed by atoms with Gasteiger partial charge in [0.25, 0.3) is 5.91 Å². The van der Waals surface area contributed by atoms with Crippen molar-refractivity contribution in [2.75, 3.05) is 7.11 Å². The summed E-state index contributed by atoms with van der Waals surface area (Å²) in [7, 11) is 1.25. The molecule has 134 valence electrons. The third-order valence-electron chi connectivity index (χ3n) is 3.68. The van der Waals surface area contributed by atoms with Crippen molar-refractivity contribution in [3.05, 3.63) is 47.3 Å². The van der Waals surface area contributed by atoms with Crippen molar-refractivity contribution in [3.8, 4) is 5.75 Å². The third-order valence-corrected chi connectivity index (χ3v) is 3.68. The molecule has 1 aromatic carbocycles. The molecule has 1 heterocycles. The lowest BCUT2D eigenvalue weighted by Gasteiger charge is -2.25. The number of nitrogens with one attached hydrogen (secondary N) is 1. The quantitative estimate of drug-likeness (QED) is 0.809. The maximum absolute atomic E-state index is 12.4. The van der Waals surface area contributed by atoms with Gasteiger partial charge in [-0.2, -0.15) is 0 Å². The summed E-state index contributed by atoms with van der Waals surface area (Å²) in [5.74, 6) is -0.352. The fourth-order valence-corrected chi connectivity index (χ4v) is 2.11. The Labute approximate surface area is 146 Å². The van der Waals surface area contributed by atoms with Gasteiger partial charge in [0.15, 0.2) is 6.10 Å². The fourth-order valence-electron chi connectivity index (χ4n) is 2.11. The molecule has 0 fully saturated rings. The van der Waals surface area contributed by atoms with Crippen molar-refractivity contribution in [2.24, 2.45) is 0 Å². The van der Waals surface area contributed by atoms with Crippen LogP contribution in [0.2, 0.25) is 0 Å². The van der Waals surface area contributed by atoms with Crippen LogP contribution in [0.3, 0.4) is 0 Å². The standard InChI is InChI=1S/C18H22N2O5/c1-11-6-8-13(9-7-11)24-12(2)16(21)19-18(3,4)15-10-14(25-20-15)17(22)23-5/h6-10,12H,1-5H3,(H,19,21). The summed E-state index contributed by atoms with van der Waals surface area (Å²) < 4.78 is 15.2. The molecule has 1 aromatic heterocycles. The number of amides is 1. The smallest absolute Gasteiger partial charge is 0.376 e. The van der Waals surface area contributed by atoms with E-state index < -0.39 is 17.6 Å². The number of ether oxygens (including phenoxy) is 2. The van der Waals surface area contributed by atoms with E-state index in [4.69, 9.17) is 9.26 Å². The molecule has 0 aliphatic heterocycles. The minimum Gasteiger partial charge on any atom is -0.481 e. The van der Waals surface area contributed by atoms with Crippen LogP contribution in [-0.2, 0) is 15.1 Å². The second-order valence-corrected chi connectivity index (χ2v) is 6.26. The van der Waals surface area contributed by atoms with Crippen molar-refractivity contribution in [3.63, 3.8) is 0 Å². The highest BCUT2D eigenvalue weighted by Crippen LogP contribution is 2.21. The molecule has 2 aromatic rings. The highest BCUT2D eigenvalue weighted by Gasteiger charge is 2.30. The lowest BCUT2D eigenvalue weighted by Crippen LogP contribution is -2.46. The average molecular weight is 346 g/mol. The molecule has 0 aliphatic rings. The van der Waals surface area contributed by atoms with E-state index in [0.717, 1.165) is 5.56 Å². The number of esters is 1. The van der Waals surface area contributed by atoms with Crippen LogP contribution < -0.4 is 10.1 Å². The summed E-state index contributed by atoms with van der Waals surface area (Å²) in [5, 5.41) is 6.67. The van der Waals surface area contributed by atoms with Crippen molar-refractivity contribution in [2.45, 2.75) is 39.3 Å². The second-order valence-electron chi connectivity index (χ2n) is 6.26. The summed E-state index contributed by atoms with van der Waals surface area (Å²) in [5.41, 5.74) is 0.666. The number of methoxy groups -OCH3 is 1. The molecule has 2 rings (SSSR count). The highest BCUT2D eigenvalue weighted by molar-refractivity contribution is 5.86. The number of aromatic nitrogens is 1. The number of carbonyl (C=O) groups excluding carboxylic acids is 2. The van der Waals surface area contributed by atoms with Gasteiger partial charge in [0.05, 0.1) is 12.6 Å². The Morgan fingerprint density at radius 3 is 2.48 bits per heavy atom. The Hall–Kier alpha value is -2.83. The molecule has 0 radical (unpaired) electrons. The van der Waals surface area contributed by atoms with Crippen molar-refractivity contribution in [1.29, 1.82) is 0 Å². The zero-order valence-corrected chi connectivity index (χ0v) is 15.0. The van der Waals surface area contributed by atoms with E-state index in [1.807, 2.05) is 31.2 Å². The van der Waals surface area contributed by atoms with Gasteiger partial charge in [0.1, 0.15) is 11.4 Å². The van der Waals surface area contributed by atoms with Crippen molar-refractivity contribution < 1.29 is 23.6 Å². The van der Waals surface area contributed by atoms with Gasteiger partial charge in [-0.25, -0.2) is 4.79 Å². The van der Waals surface area contributed by atoms with Crippen LogP contribution in [0.4, 0.5) is 0 Å². The molecule has 0 spiro atoms. The zero-order valence-electron chi connectivity index (χ0n) is 15.0. The predicted molar refractivity (Wildman–Crippen MR) is 90.3 cm³/mol. The lowest BCUT2D eigenvalue weighted by molar-refractivity contribution is -0.129. The number of hydrogen-bond acceptors (Lipinski definition) is 6. The molecule has 7 nitrogen and oxygen atoms in total. The third kappa shape index (κ3) is 4.59. The minimum absolute atomic E-state index is 0.0243. The van der Waals surface area contributed by atoms with Gasteiger partial charge in [-0.3, -0.25) is 4.79 Å². The van der Waals surface area contributed by atoms with Crippen LogP contribution >= 0.6 is 0 Å². The van der Waals surface area contributed by atoms with Crippen LogP contribution in [0.15, 0.2) is 34.9 Å². The van der Waals surface area contributed by atoms with E-state index in [-0.39, 0.29) is 11.7 Å². The molecule has 0 saturated heterocycles. The van der Waals surface area contributed by atoms with Gasteiger partial charge in [0, 0.05) is 6.07 Å². The second kappa shape index (κ2) is 7.38. The molecular formula is C18H22N2O5. The van der Waals surface area contributed by atoms with E-state index in [1.54, 1.807) is 20.8 Å². The summed E-state index contributed by atoms with van der Waals surface area (Å²) in [6.07, 6.45) is -0.700. The van der Waals surface area contributed by atoms with E-state index >= 15 is 0 Å². The van der Waals surface area contributed by atoms with Crippen LogP contribution in [0, 0.1) is 6.92 Å². The predicted octanol–water partition coefficient (Wildman–Crippen LogP) is 2.59. The van der Waals surface area contributed by atoms with Gasteiger partial charge >= 0.3 is 5.97 Å². The number of benzene rings is 1. The lowest BCUT2D eigenvalue weighted by atomic mass is 10.00. The topological polar surface area (TPSA) is 90.7 Å². The normalized spacial score (nSPS) is 12.4. The van der Waals surface area contributed by atoms with E-state index in [0.29, 0.717) is 11.4 Å². The van der Waals surface area contributed by atoms with Crippen molar-refractivity contribution >= 4 is 11.9 Å². The monoisotopic (exact) mass is 346 g/mol. The van der Waals surface area contributed by atoms with Crippen LogP contribution in [0.25, 0.3) is 0 Å². The van der Waals surface area contributed by atoms with Crippen LogP contribution in [0.5, 0.6) is 5.75 Å². The first-order valence-electron chi connectivity index (χ1n) is 7.84. The summed E-state index contributed by atoms with van der Waals surface area (Å²) in [6.45, 7) is 7.14. The van der Waals surface area contributed by atoms with Gasteiger partial charge in [-0.05, 0) is 39.8 Å². The van der Waals surface area contributed by atoms with E-state index in [1.165, 1.54) is 13.2 Å². The van der Waals surface area contributed by atoms with Crippen LogP contribution in [-0.4, -0.2) is 30.2 Å². The average Bonchev–Trinajstić information content (AvgIpc) is 3.06. The molecule has 1 unspecified atom stereocenters. The largest absolute Gasteiger partial charge is 0.481 e. The highest BCUT2D eigenvalue weighted by atomic mass is 16.5. The summed E-state index contributed by atoms with van der Waals surface area (Å²) in [4.78, 5) is 23.9. The molecule has 0 bridgehead atoms. The minimum atomic E-state index is -0.849. The number of aryl methyl sites for hydroxylation is 1. The first kappa shape index (κ1) is 18.5.